The van der Waals surface area contributed by atoms with Gasteiger partial charge in [-0.15, -0.1) is 22.7 Å². The number of benzene rings is 1. The Balaban J connectivity index is 1.23. The first-order valence-corrected chi connectivity index (χ1v) is 32.3. The molecule has 8 atom stereocenters. The minimum Gasteiger partial charge on any atom is -0.344 e. The minimum atomic E-state index is -1.21. The van der Waals surface area contributed by atoms with Crippen LogP contribution >= 0.6 is 22.7 Å². The fourth-order valence-electron chi connectivity index (χ4n) is 12.2. The van der Waals surface area contributed by atoms with Crippen molar-refractivity contribution >= 4 is 92.8 Å². The van der Waals surface area contributed by atoms with Crippen LogP contribution in [0.5, 0.6) is 0 Å². The topological polar surface area (TPSA) is 313 Å². The zero-order valence-electron chi connectivity index (χ0n) is 51.1. The largest absolute Gasteiger partial charge is 0.344 e. The van der Waals surface area contributed by atoms with Gasteiger partial charge in [-0.05, 0) is 162 Å². The third kappa shape index (κ3) is 16.6. The number of ketones is 1. The SMILES string of the molecule is Cc1sc2cc1C1=C(CCC1)c1cc(sc1C)C(=O)N1CCC[C@H]1C(=O)N[C@@H](C(C)C)C(=O)N[C@@H](CCCN)C(=O)N[C@@H](CC(C)C)C(=O)N[C@H](Cc1ccccc1)C(=O)N1CCC[C@H]1C(=O)N[C@@H](C(C)C)C(=O)C[C@@H](CCCN)C(=O)NNC2=O. The molecule has 2 saturated heterocycles. The highest BCUT2D eigenvalue weighted by Gasteiger charge is 2.42. The molecule has 1 aromatic carbocycles. The number of nitrogens with zero attached hydrogens (tertiary/aromatic N) is 2. The van der Waals surface area contributed by atoms with E-state index in [0.29, 0.717) is 54.0 Å². The normalized spacial score (nSPS) is 24.9. The van der Waals surface area contributed by atoms with Crippen LogP contribution in [0.4, 0.5) is 0 Å². The van der Waals surface area contributed by atoms with E-state index in [2.05, 4.69) is 37.4 Å². The van der Waals surface area contributed by atoms with Gasteiger partial charge in [0.05, 0.1) is 15.8 Å². The number of allylic oxidation sites excluding steroid dienone is 2. The molecule has 86 heavy (non-hydrogen) atoms. The molecule has 11 N–H and O–H groups in total. The number of amides is 9. The molecule has 0 radical (unpaired) electrons. The Kier molecular flexibility index (Phi) is 23.8. The molecule has 0 unspecified atom stereocenters. The molecule has 9 amide bonds. The van der Waals surface area contributed by atoms with Crippen LogP contribution < -0.4 is 48.9 Å². The lowest BCUT2D eigenvalue weighted by molar-refractivity contribution is -0.142. The van der Waals surface area contributed by atoms with Crippen molar-refractivity contribution in [3.8, 4) is 0 Å². The van der Waals surface area contributed by atoms with Crippen LogP contribution in [-0.2, 0) is 44.8 Å². The van der Waals surface area contributed by atoms with Gasteiger partial charge in [0.15, 0.2) is 5.78 Å². The summed E-state index contributed by atoms with van der Waals surface area (Å²) in [5.41, 5.74) is 21.6. The van der Waals surface area contributed by atoms with Crippen molar-refractivity contribution in [1.82, 2.24) is 47.2 Å². The van der Waals surface area contributed by atoms with Crippen molar-refractivity contribution < 1.29 is 47.9 Å². The second-order valence-corrected chi connectivity index (χ2v) is 27.0. The van der Waals surface area contributed by atoms with Crippen molar-refractivity contribution in [1.29, 1.82) is 0 Å². The molecule has 23 heteroatoms. The molecular formula is C63H89N11O10S2. The van der Waals surface area contributed by atoms with Gasteiger partial charge in [-0.2, -0.15) is 0 Å². The first-order chi connectivity index (χ1) is 41.0. The monoisotopic (exact) mass is 1220 g/mol. The Morgan fingerprint density at radius 1 is 0.570 bits per heavy atom. The summed E-state index contributed by atoms with van der Waals surface area (Å²) in [7, 11) is 0. The lowest BCUT2D eigenvalue weighted by Crippen LogP contribution is -2.60. The quantitative estimate of drug-likeness (QED) is 0.116. The predicted molar refractivity (Wildman–Crippen MR) is 332 cm³/mol. The fraction of sp³-hybridized carbons (Fsp3) is 0.587. The number of fused-ring (bicyclic) bond motifs is 8. The highest BCUT2D eigenvalue weighted by atomic mass is 32.1. The fourth-order valence-corrected chi connectivity index (χ4v) is 14.1. The lowest BCUT2D eigenvalue weighted by Gasteiger charge is -2.32. The Morgan fingerprint density at radius 3 is 1.71 bits per heavy atom. The number of Topliss-reactive ketones (excluding diaryl/α,β-unsaturated/α-hetero) is 1. The van der Waals surface area contributed by atoms with Crippen LogP contribution in [0.25, 0.3) is 11.1 Å². The van der Waals surface area contributed by atoms with Crippen LogP contribution in [-0.4, -0.2) is 137 Å². The maximum Gasteiger partial charge on any atom is 0.279 e. The van der Waals surface area contributed by atoms with Gasteiger partial charge in [0.25, 0.3) is 11.8 Å². The number of carbonyl (C=O) groups excluding carboxylic acids is 10. The number of thiophene rings is 2. The van der Waals surface area contributed by atoms with Gasteiger partial charge in [-0.25, -0.2) is 0 Å². The van der Waals surface area contributed by atoms with E-state index in [1.54, 1.807) is 44.7 Å². The van der Waals surface area contributed by atoms with Crippen LogP contribution in [0.3, 0.4) is 0 Å². The van der Waals surface area contributed by atoms with E-state index in [0.717, 1.165) is 51.3 Å². The first kappa shape index (κ1) is 66.7. The summed E-state index contributed by atoms with van der Waals surface area (Å²) >= 11 is 2.63. The summed E-state index contributed by atoms with van der Waals surface area (Å²) in [4.78, 5) is 150. The minimum absolute atomic E-state index is 0.0322. The third-order valence-corrected chi connectivity index (χ3v) is 18.9. The molecule has 5 heterocycles. The van der Waals surface area contributed by atoms with Crippen LogP contribution in [0.1, 0.15) is 171 Å². The van der Waals surface area contributed by atoms with E-state index in [9.17, 15) is 47.9 Å². The molecule has 468 valence electrons. The molecule has 2 aromatic heterocycles. The maximum absolute atomic E-state index is 14.9. The van der Waals surface area contributed by atoms with E-state index in [1.165, 1.54) is 27.6 Å². The predicted octanol–water partition coefficient (Wildman–Crippen LogP) is 4.97. The number of nitrogens with two attached hydrogens (primary N) is 2. The van der Waals surface area contributed by atoms with Gasteiger partial charge in [0.1, 0.15) is 36.3 Å². The van der Waals surface area contributed by atoms with Crippen molar-refractivity contribution in [3.05, 3.63) is 78.7 Å². The van der Waals surface area contributed by atoms with E-state index in [1.807, 2.05) is 58.0 Å². The third-order valence-electron chi connectivity index (χ3n) is 16.8. The van der Waals surface area contributed by atoms with Gasteiger partial charge < -0.3 is 47.9 Å². The van der Waals surface area contributed by atoms with Gasteiger partial charge in [-0.1, -0.05) is 71.9 Å². The van der Waals surface area contributed by atoms with Crippen LogP contribution in [0, 0.1) is 37.5 Å². The Bertz CT molecular complexity index is 3010. The lowest BCUT2D eigenvalue weighted by atomic mass is 9.89. The summed E-state index contributed by atoms with van der Waals surface area (Å²) in [6, 6.07) is 5.08. The summed E-state index contributed by atoms with van der Waals surface area (Å²) in [6.07, 6.45) is 4.90. The number of rotatable bonds is 12. The smallest absolute Gasteiger partial charge is 0.279 e. The van der Waals surface area contributed by atoms with E-state index in [-0.39, 0.29) is 70.0 Å². The molecule has 3 aliphatic heterocycles. The Hall–Kier alpha value is -6.82. The highest BCUT2D eigenvalue weighted by molar-refractivity contribution is 7.14. The summed E-state index contributed by atoms with van der Waals surface area (Å²) < 4.78 is 0. The molecule has 0 saturated carbocycles. The second-order valence-electron chi connectivity index (χ2n) is 24.5. The number of hydrogen-bond acceptors (Lipinski definition) is 14. The van der Waals surface area contributed by atoms with Crippen molar-refractivity contribution in [2.24, 2.45) is 35.1 Å². The average Bonchev–Trinajstić information content (AvgIpc) is 4.10. The number of aryl methyl sites for hydroxylation is 2. The average molecular weight is 1220 g/mol. The second kappa shape index (κ2) is 30.7. The Morgan fingerprint density at radius 2 is 1.10 bits per heavy atom. The standard InChI is InChI=1S/C63H89N11O10S2/c1-34(2)29-46-57(78)68-47(30-39-17-10-9-11-18-39)62(83)73-27-15-23-48(73)58(79)69-53(35(3)4)50(75)31-40(19-13-25-64)55(76)71-72-60(81)51-32-43(37(7)85-51)41-20-12-21-42(41)44-33-52(86-38(44)8)63(84)74-28-16-24-49(74)59(80)70-54(36(5)6)61(82)66-45(22-14-26-65)56(77)67-46/h9-11,17-18,32-36,40,45-49,53-54H,12-16,19-31,64-65H2,1-8H3,(H,66,82)(H,67,77)(H,68,78)(H,69,79)(H,70,80)(H,71,76)(H,72,81)/t40-,45+,46+,47-,48+,49+,53+,54+/m1/s1. The van der Waals surface area contributed by atoms with Gasteiger partial charge >= 0.3 is 0 Å². The number of hydrazine groups is 1. The molecule has 7 rings (SSSR count). The summed E-state index contributed by atoms with van der Waals surface area (Å²) in [6.45, 7) is 15.6. The van der Waals surface area contributed by atoms with Gasteiger partial charge in [-0.3, -0.25) is 58.8 Å². The first-order valence-electron chi connectivity index (χ1n) is 30.6. The molecule has 4 aliphatic rings. The summed E-state index contributed by atoms with van der Waals surface area (Å²) in [5, 5.41) is 14.5. The van der Waals surface area contributed by atoms with Crippen LogP contribution in [0.15, 0.2) is 42.5 Å². The number of hydrogen-bond donors (Lipinski definition) is 9. The molecular weight excluding hydrogens is 1130 g/mol. The molecule has 3 aromatic rings. The zero-order chi connectivity index (χ0) is 62.5. The molecule has 21 nitrogen and oxygen atoms in total. The number of nitrogens with one attached hydrogen (secondary N) is 7. The molecule has 2 fully saturated rings. The summed E-state index contributed by atoms with van der Waals surface area (Å²) in [5.74, 6) is -7.42. The van der Waals surface area contributed by atoms with Crippen molar-refractivity contribution in [2.45, 2.75) is 188 Å². The highest BCUT2D eigenvalue weighted by Crippen LogP contribution is 2.45. The molecule has 1 aliphatic carbocycles. The van der Waals surface area contributed by atoms with E-state index >= 15 is 0 Å². The molecule has 4 bridgehead atoms. The van der Waals surface area contributed by atoms with E-state index in [4.69, 9.17) is 11.5 Å². The van der Waals surface area contributed by atoms with Crippen LogP contribution in [0.2, 0.25) is 0 Å². The van der Waals surface area contributed by atoms with Crippen molar-refractivity contribution in [2.75, 3.05) is 26.2 Å². The Labute approximate surface area is 513 Å². The van der Waals surface area contributed by atoms with Gasteiger partial charge in [0.2, 0.25) is 41.4 Å². The van der Waals surface area contributed by atoms with Crippen molar-refractivity contribution in [3.63, 3.8) is 0 Å². The number of carbonyl (C=O) groups is 10. The van der Waals surface area contributed by atoms with E-state index < -0.39 is 113 Å². The zero-order valence-corrected chi connectivity index (χ0v) is 52.7. The van der Waals surface area contributed by atoms with Gasteiger partial charge in [0, 0.05) is 41.6 Å². The maximum atomic E-state index is 14.9. The molecule has 0 spiro atoms.